The van der Waals surface area contributed by atoms with Gasteiger partial charge in [-0.3, -0.25) is 0 Å². The quantitative estimate of drug-likeness (QED) is 0.131. The third kappa shape index (κ3) is 4.89. The summed E-state index contributed by atoms with van der Waals surface area (Å²) in [4.78, 5) is 0. The molecule has 2 unspecified atom stereocenters. The molecule has 2 heterocycles. The van der Waals surface area contributed by atoms with Crippen LogP contribution in [-0.4, -0.2) is 40.3 Å². The zero-order chi connectivity index (χ0) is 46.8. The van der Waals surface area contributed by atoms with Gasteiger partial charge in [0.15, 0.2) is 23.0 Å². The second-order valence-corrected chi connectivity index (χ2v) is 60.4. The molecule has 0 N–H and O–H groups in total. The van der Waals surface area contributed by atoms with Gasteiger partial charge in [0.1, 0.15) is 10.4 Å². The summed E-state index contributed by atoms with van der Waals surface area (Å²) in [6.07, 6.45) is 12.9. The minimum Gasteiger partial charge on any atom is -0.538 e. The normalized spacial score (nSPS) is 36.8. The highest BCUT2D eigenvalue weighted by Crippen LogP contribution is 2.76. The summed E-state index contributed by atoms with van der Waals surface area (Å²) in [5, 5.41) is 9.04. The minimum atomic E-state index is -3.64. The van der Waals surface area contributed by atoms with E-state index in [4.69, 9.17) is 9.47 Å². The molecule has 0 radical (unpaired) electrons. The Hall–Kier alpha value is -3.57. The molecule has 8 heteroatoms. The molecule has 0 amide bonds. The van der Waals surface area contributed by atoms with Crippen molar-refractivity contribution < 1.29 is 18.3 Å². The van der Waals surface area contributed by atoms with Crippen LogP contribution in [0.2, 0.25) is 36.3 Å². The predicted octanol–water partition coefficient (Wildman–Crippen LogP) is 16.2. The number of hydrogen-bond donors (Lipinski definition) is 0. The van der Waals surface area contributed by atoms with Gasteiger partial charge in [-0.2, -0.15) is 0 Å². The molecule has 2 aliphatic heterocycles. The second kappa shape index (κ2) is 13.7. The standard InChI is InChI=1S/C60H74O4Si4/c1-57(2,3)65(7,8)67(59(41-29-37-27-38(31-41)32-42(59)30-37)61-53-49-23-15-11-19-45(49)47-21-13-17-25-51(47)55(53)63-67)68(66(9,10)58(4,5)6)60(43-33-39-28-40(35-43)36-44(60)34-39)62-54-50-24-16-12-20-46(50)48-22-14-18-26-52(48)56(54)64-68/h11-26,37-44H,27-36H2,1-10H3. The first kappa shape index (κ1) is 43.2. The van der Waals surface area contributed by atoms with Gasteiger partial charge in [0.25, 0.3) is 0 Å². The SMILES string of the molecule is CC(C)(C)[Si](C)(C)[Si]1([Si]2([Si](C)(C)C(C)(C)C)Oc3c(c4ccccc4c4ccccc34)OC23C2CC4CC(C2)CC3C4)Oc2c(c3ccccc3c3ccccc23)OC12C1CC3CC(C1)CC2C3. The third-order valence-corrected chi connectivity index (χ3v) is 83.4. The lowest BCUT2D eigenvalue weighted by Crippen LogP contribution is -3.07. The zero-order valence-corrected chi connectivity index (χ0v) is 46.6. The van der Waals surface area contributed by atoms with Crippen molar-refractivity contribution in [3.63, 3.8) is 0 Å². The lowest BCUT2D eigenvalue weighted by Gasteiger charge is -2.79. The van der Waals surface area contributed by atoms with Crippen molar-refractivity contribution >= 4 is 73.0 Å². The topological polar surface area (TPSA) is 36.9 Å². The van der Waals surface area contributed by atoms with Crippen LogP contribution < -0.4 is 18.3 Å². The molecule has 6 aromatic carbocycles. The van der Waals surface area contributed by atoms with E-state index in [1.165, 1.54) is 107 Å². The smallest absolute Gasteiger partial charge is 0.308 e. The van der Waals surface area contributed by atoms with Crippen LogP contribution in [0.25, 0.3) is 43.1 Å². The number of rotatable bonds is 3. The van der Waals surface area contributed by atoms with Gasteiger partial charge >= 0.3 is 14.7 Å². The van der Waals surface area contributed by atoms with E-state index in [0.717, 1.165) is 46.7 Å². The molecule has 10 aliphatic rings. The second-order valence-electron chi connectivity index (χ2n) is 27.2. The van der Waals surface area contributed by atoms with Crippen LogP contribution in [0.4, 0.5) is 0 Å². The highest BCUT2D eigenvalue weighted by atomic mass is 29.8. The van der Waals surface area contributed by atoms with Crippen molar-refractivity contribution in [2.75, 3.05) is 0 Å². The van der Waals surface area contributed by atoms with Crippen LogP contribution in [0.15, 0.2) is 97.1 Å². The van der Waals surface area contributed by atoms with E-state index in [0.29, 0.717) is 23.7 Å². The monoisotopic (exact) mass is 970 g/mol. The van der Waals surface area contributed by atoms with E-state index < -0.39 is 40.3 Å². The van der Waals surface area contributed by atoms with Gasteiger partial charge < -0.3 is 18.3 Å². The molecule has 8 saturated carbocycles. The molecule has 4 nitrogen and oxygen atoms in total. The average molecular weight is 972 g/mol. The zero-order valence-electron chi connectivity index (χ0n) is 42.6. The number of ether oxygens (including phenoxy) is 2. The fourth-order valence-electron chi connectivity index (χ4n) is 18.6. The molecule has 354 valence electrons. The van der Waals surface area contributed by atoms with Crippen molar-refractivity contribution in [3.05, 3.63) is 97.1 Å². The molecule has 8 fully saturated rings. The van der Waals surface area contributed by atoms with Crippen LogP contribution in [0.3, 0.4) is 0 Å². The predicted molar refractivity (Wildman–Crippen MR) is 291 cm³/mol. The maximum Gasteiger partial charge on any atom is 0.308 e. The van der Waals surface area contributed by atoms with Crippen LogP contribution >= 0.6 is 0 Å². The fourth-order valence-corrected chi connectivity index (χ4v) is 105. The molecule has 8 aliphatic carbocycles. The molecule has 8 bridgehead atoms. The number of hydrogen-bond acceptors (Lipinski definition) is 4. The Morgan fingerprint density at radius 3 is 0.853 bits per heavy atom. The first-order chi connectivity index (χ1) is 32.4. The highest BCUT2D eigenvalue weighted by Gasteiger charge is 2.97. The van der Waals surface area contributed by atoms with Gasteiger partial charge in [0.05, 0.1) is 15.2 Å². The fraction of sp³-hybridized carbons (Fsp3) is 0.533. The van der Waals surface area contributed by atoms with Gasteiger partial charge in [-0.1, -0.05) is 165 Å². The molecule has 6 aromatic rings. The van der Waals surface area contributed by atoms with Crippen molar-refractivity contribution in [3.8, 4) is 23.0 Å². The van der Waals surface area contributed by atoms with E-state index in [2.05, 4.69) is 165 Å². The first-order valence-corrected chi connectivity index (χ1v) is 39.8. The number of benzene rings is 6. The van der Waals surface area contributed by atoms with Gasteiger partial charge in [0, 0.05) is 21.5 Å². The van der Waals surface area contributed by atoms with E-state index >= 15 is 0 Å². The highest BCUT2D eigenvalue weighted by molar-refractivity contribution is 7.83. The molecule has 2 spiro atoms. The summed E-state index contributed by atoms with van der Waals surface area (Å²) in [7, 11) is -12.8. The summed E-state index contributed by atoms with van der Waals surface area (Å²) in [6.45, 7) is 27.3. The van der Waals surface area contributed by atoms with Crippen molar-refractivity contribution in [2.45, 2.75) is 152 Å². The lowest BCUT2D eigenvalue weighted by atomic mass is 9.54. The van der Waals surface area contributed by atoms with Crippen molar-refractivity contribution in [2.24, 2.45) is 47.3 Å². The lowest BCUT2D eigenvalue weighted by molar-refractivity contribution is -0.130. The van der Waals surface area contributed by atoms with E-state index in [9.17, 15) is 8.85 Å². The number of fused-ring (bicyclic) bond motifs is 12. The minimum absolute atomic E-state index is 0.0288. The maximum absolute atomic E-state index is 9.55. The van der Waals surface area contributed by atoms with E-state index in [1.807, 2.05) is 0 Å². The molecule has 0 saturated heterocycles. The van der Waals surface area contributed by atoms with Gasteiger partial charge in [-0.25, -0.2) is 0 Å². The van der Waals surface area contributed by atoms with E-state index in [1.54, 1.807) is 0 Å². The Balaban J connectivity index is 1.23. The van der Waals surface area contributed by atoms with Crippen LogP contribution in [0.1, 0.15) is 106 Å². The van der Waals surface area contributed by atoms with Gasteiger partial charge in [0.2, 0.25) is 0 Å². The summed E-state index contributed by atoms with van der Waals surface area (Å²) in [5.41, 5.74) is 0. The third-order valence-electron chi connectivity index (χ3n) is 22.5. The summed E-state index contributed by atoms with van der Waals surface area (Å²) >= 11 is 0. The molecule has 68 heavy (non-hydrogen) atoms. The van der Waals surface area contributed by atoms with Crippen molar-refractivity contribution in [1.29, 1.82) is 0 Å². The summed E-state index contributed by atoms with van der Waals surface area (Å²) in [6, 6.07) is 36.9. The Morgan fingerprint density at radius 2 is 0.603 bits per heavy atom. The van der Waals surface area contributed by atoms with Gasteiger partial charge in [-0.05, 0) is 143 Å². The Bertz CT molecular complexity index is 2860. The molecular formula is C60H74O4Si4. The molecule has 0 aromatic heterocycles. The van der Waals surface area contributed by atoms with E-state index in [-0.39, 0.29) is 10.1 Å². The first-order valence-electron chi connectivity index (χ1n) is 27.0. The Kier molecular flexibility index (Phi) is 8.70. The molecular weight excluding hydrogens is 897 g/mol. The summed E-state index contributed by atoms with van der Waals surface area (Å²) < 4.78 is 37.1. The van der Waals surface area contributed by atoms with Crippen molar-refractivity contribution in [1.82, 2.24) is 0 Å². The Labute approximate surface area is 408 Å². The average Bonchev–Trinajstić information content (AvgIpc) is 3.30. The largest absolute Gasteiger partial charge is 0.538 e. The van der Waals surface area contributed by atoms with Crippen LogP contribution in [-0.2, 0) is 0 Å². The summed E-state index contributed by atoms with van der Waals surface area (Å²) in [5.74, 6) is 9.00. The van der Waals surface area contributed by atoms with Crippen LogP contribution in [0, 0.1) is 47.3 Å². The maximum atomic E-state index is 9.55. The van der Waals surface area contributed by atoms with Crippen LogP contribution in [0.5, 0.6) is 23.0 Å². The van der Waals surface area contributed by atoms with Gasteiger partial charge in [-0.15, -0.1) is 0 Å². The molecule has 16 rings (SSSR count). The Morgan fingerprint density at radius 1 is 0.368 bits per heavy atom. The molecule has 2 atom stereocenters.